The van der Waals surface area contributed by atoms with Crippen LogP contribution >= 0.6 is 0 Å². The molecule has 1 aliphatic carbocycles. The molecule has 0 spiro atoms. The van der Waals surface area contributed by atoms with Crippen LogP contribution in [0.15, 0.2) is 23.9 Å². The maximum absolute atomic E-state index is 5.52. The van der Waals surface area contributed by atoms with Crippen molar-refractivity contribution >= 4 is 0 Å². The molecule has 0 bridgehead atoms. The standard InChI is InChI=1S/C9H11N/c1-2-3-8-4-6-9(10)7-5-8/h4,6-8H,5,10H2,1H3. The second kappa shape index (κ2) is 3.12. The van der Waals surface area contributed by atoms with Crippen molar-refractivity contribution in [2.45, 2.75) is 13.3 Å². The molecule has 1 atom stereocenters. The van der Waals surface area contributed by atoms with Gasteiger partial charge in [0.05, 0.1) is 0 Å². The van der Waals surface area contributed by atoms with Gasteiger partial charge in [0.1, 0.15) is 0 Å². The molecule has 0 aromatic rings. The number of nitrogens with two attached hydrogens (primary N) is 1. The van der Waals surface area contributed by atoms with Gasteiger partial charge in [0, 0.05) is 11.6 Å². The van der Waals surface area contributed by atoms with E-state index in [9.17, 15) is 0 Å². The van der Waals surface area contributed by atoms with Crippen molar-refractivity contribution in [3.05, 3.63) is 23.9 Å². The number of hydrogen-bond acceptors (Lipinski definition) is 1. The van der Waals surface area contributed by atoms with Crippen LogP contribution in [-0.4, -0.2) is 0 Å². The fraction of sp³-hybridized carbons (Fsp3) is 0.333. The van der Waals surface area contributed by atoms with E-state index in [1.165, 1.54) is 0 Å². The Hall–Kier alpha value is -1.16. The summed E-state index contributed by atoms with van der Waals surface area (Å²) < 4.78 is 0. The van der Waals surface area contributed by atoms with Crippen LogP contribution in [-0.2, 0) is 0 Å². The van der Waals surface area contributed by atoms with Gasteiger partial charge in [-0.1, -0.05) is 18.1 Å². The highest BCUT2D eigenvalue weighted by Gasteiger charge is 2.01. The average Bonchev–Trinajstić information content (AvgIpc) is 1.95. The van der Waals surface area contributed by atoms with Gasteiger partial charge in [0.15, 0.2) is 0 Å². The van der Waals surface area contributed by atoms with Gasteiger partial charge in [-0.3, -0.25) is 0 Å². The van der Waals surface area contributed by atoms with E-state index >= 15 is 0 Å². The zero-order chi connectivity index (χ0) is 7.40. The Morgan fingerprint density at radius 2 is 2.50 bits per heavy atom. The van der Waals surface area contributed by atoms with Crippen LogP contribution in [0.2, 0.25) is 0 Å². The number of hydrogen-bond donors (Lipinski definition) is 1. The quantitative estimate of drug-likeness (QED) is 0.497. The largest absolute Gasteiger partial charge is 0.399 e. The van der Waals surface area contributed by atoms with E-state index in [2.05, 4.69) is 11.8 Å². The van der Waals surface area contributed by atoms with Gasteiger partial charge >= 0.3 is 0 Å². The zero-order valence-corrected chi connectivity index (χ0v) is 6.09. The summed E-state index contributed by atoms with van der Waals surface area (Å²) in [5.41, 5.74) is 6.37. The Balaban J connectivity index is 2.58. The van der Waals surface area contributed by atoms with Gasteiger partial charge in [-0.25, -0.2) is 0 Å². The van der Waals surface area contributed by atoms with Gasteiger partial charge in [0.25, 0.3) is 0 Å². The van der Waals surface area contributed by atoms with Gasteiger partial charge in [-0.05, 0) is 19.4 Å². The Morgan fingerprint density at radius 1 is 1.70 bits per heavy atom. The summed E-state index contributed by atoms with van der Waals surface area (Å²) in [5.74, 6) is 6.34. The molecule has 2 N–H and O–H groups in total. The van der Waals surface area contributed by atoms with Crippen molar-refractivity contribution < 1.29 is 0 Å². The zero-order valence-electron chi connectivity index (χ0n) is 6.09. The maximum Gasteiger partial charge on any atom is 0.0421 e. The first-order valence-electron chi connectivity index (χ1n) is 3.39. The molecule has 1 rings (SSSR count). The highest BCUT2D eigenvalue weighted by molar-refractivity contribution is 5.25. The predicted octanol–water partition coefficient (Wildman–Crippen LogP) is 1.43. The molecule has 10 heavy (non-hydrogen) atoms. The molecule has 0 radical (unpaired) electrons. The summed E-state index contributed by atoms with van der Waals surface area (Å²) in [4.78, 5) is 0. The number of allylic oxidation sites excluding steroid dienone is 3. The third-order valence-electron chi connectivity index (χ3n) is 1.46. The lowest BCUT2D eigenvalue weighted by atomic mass is 10.0. The Morgan fingerprint density at radius 3 is 3.00 bits per heavy atom. The van der Waals surface area contributed by atoms with E-state index in [4.69, 9.17) is 5.73 Å². The summed E-state index contributed by atoms with van der Waals surface area (Å²) in [6, 6.07) is 0. The molecule has 1 nitrogen and oxygen atoms in total. The van der Waals surface area contributed by atoms with Crippen LogP contribution in [0.3, 0.4) is 0 Å². The van der Waals surface area contributed by atoms with E-state index < -0.39 is 0 Å². The molecule has 0 fully saturated rings. The minimum Gasteiger partial charge on any atom is -0.399 e. The lowest BCUT2D eigenvalue weighted by molar-refractivity contribution is 0.840. The van der Waals surface area contributed by atoms with Crippen LogP contribution < -0.4 is 5.73 Å². The molecule has 0 aromatic heterocycles. The second-order valence-corrected chi connectivity index (χ2v) is 2.30. The molecular weight excluding hydrogens is 122 g/mol. The molecule has 0 aliphatic heterocycles. The third-order valence-corrected chi connectivity index (χ3v) is 1.46. The van der Waals surface area contributed by atoms with Crippen LogP contribution in [0.1, 0.15) is 13.3 Å². The van der Waals surface area contributed by atoms with Crippen molar-refractivity contribution in [3.8, 4) is 11.8 Å². The summed E-state index contributed by atoms with van der Waals surface area (Å²) in [5, 5.41) is 0. The molecular formula is C9H11N. The van der Waals surface area contributed by atoms with E-state index in [1.54, 1.807) is 0 Å². The Kier molecular flexibility index (Phi) is 2.17. The molecule has 0 aromatic carbocycles. The Bertz CT molecular complexity index is 225. The smallest absolute Gasteiger partial charge is 0.0421 e. The lowest BCUT2D eigenvalue weighted by Crippen LogP contribution is -2.02. The summed E-state index contributed by atoms with van der Waals surface area (Å²) in [6.45, 7) is 1.86. The third kappa shape index (κ3) is 1.66. The Labute approximate surface area is 61.6 Å². The predicted molar refractivity (Wildman–Crippen MR) is 43.0 cm³/mol. The summed E-state index contributed by atoms with van der Waals surface area (Å²) >= 11 is 0. The van der Waals surface area contributed by atoms with Crippen LogP contribution in [0.4, 0.5) is 0 Å². The molecule has 1 aliphatic rings. The van der Waals surface area contributed by atoms with Crippen LogP contribution in [0.25, 0.3) is 0 Å². The van der Waals surface area contributed by atoms with Gasteiger partial charge in [0.2, 0.25) is 0 Å². The topological polar surface area (TPSA) is 26.0 Å². The molecule has 0 saturated heterocycles. The minimum absolute atomic E-state index is 0.386. The van der Waals surface area contributed by atoms with E-state index in [0.717, 1.165) is 12.1 Å². The van der Waals surface area contributed by atoms with Gasteiger partial charge in [-0.2, -0.15) is 0 Å². The average molecular weight is 133 g/mol. The SMILES string of the molecule is CC#CC1C=CC(N)=CC1. The fourth-order valence-electron chi connectivity index (χ4n) is 0.929. The molecule has 0 amide bonds. The van der Waals surface area contributed by atoms with E-state index in [-0.39, 0.29) is 0 Å². The van der Waals surface area contributed by atoms with Crippen LogP contribution in [0, 0.1) is 17.8 Å². The molecule has 1 unspecified atom stereocenters. The minimum atomic E-state index is 0.386. The van der Waals surface area contributed by atoms with Crippen molar-refractivity contribution in [1.29, 1.82) is 0 Å². The monoisotopic (exact) mass is 133 g/mol. The lowest BCUT2D eigenvalue weighted by Gasteiger charge is -2.06. The van der Waals surface area contributed by atoms with Crippen molar-refractivity contribution in [3.63, 3.8) is 0 Å². The molecule has 1 heteroatoms. The van der Waals surface area contributed by atoms with E-state index in [0.29, 0.717) is 5.92 Å². The molecule has 0 heterocycles. The maximum atomic E-state index is 5.52. The highest BCUT2D eigenvalue weighted by Crippen LogP contribution is 2.11. The summed E-state index contributed by atoms with van der Waals surface area (Å²) in [7, 11) is 0. The normalized spacial score (nSPS) is 22.9. The molecule has 0 saturated carbocycles. The second-order valence-electron chi connectivity index (χ2n) is 2.30. The van der Waals surface area contributed by atoms with Crippen molar-refractivity contribution in [2.75, 3.05) is 0 Å². The van der Waals surface area contributed by atoms with E-state index in [1.807, 2.05) is 25.2 Å². The van der Waals surface area contributed by atoms with Gasteiger partial charge < -0.3 is 5.73 Å². The fourth-order valence-corrected chi connectivity index (χ4v) is 0.929. The highest BCUT2D eigenvalue weighted by atomic mass is 14.6. The first-order valence-corrected chi connectivity index (χ1v) is 3.39. The summed E-state index contributed by atoms with van der Waals surface area (Å²) in [6.07, 6.45) is 6.93. The van der Waals surface area contributed by atoms with Crippen molar-refractivity contribution in [1.82, 2.24) is 0 Å². The number of rotatable bonds is 0. The first-order chi connectivity index (χ1) is 4.83. The van der Waals surface area contributed by atoms with Gasteiger partial charge in [-0.15, -0.1) is 5.92 Å². The van der Waals surface area contributed by atoms with Crippen LogP contribution in [0.5, 0.6) is 0 Å². The molecule has 52 valence electrons. The first kappa shape index (κ1) is 6.95. The van der Waals surface area contributed by atoms with Crippen molar-refractivity contribution in [2.24, 2.45) is 11.7 Å².